The third kappa shape index (κ3) is 4.81. The number of nitrogens with one attached hydrogen (secondary N) is 2. The van der Waals surface area contributed by atoms with Crippen molar-refractivity contribution in [1.29, 1.82) is 0 Å². The van der Waals surface area contributed by atoms with E-state index in [1.807, 2.05) is 6.07 Å². The predicted molar refractivity (Wildman–Crippen MR) is 167 cm³/mol. The van der Waals surface area contributed by atoms with Crippen LogP contribution in [0.3, 0.4) is 0 Å². The van der Waals surface area contributed by atoms with E-state index in [-0.39, 0.29) is 12.2 Å². The monoisotopic (exact) mass is 536 g/mol. The SMILES string of the molecule is C=C1N=C2C=CC(c3cccc(C4NC(c5ccccc5)=CC(c5ccccc5)N4)c3)=CN2Sc2ccccc21. The van der Waals surface area contributed by atoms with Crippen LogP contribution in [0.2, 0.25) is 0 Å². The zero-order valence-corrected chi connectivity index (χ0v) is 22.7. The van der Waals surface area contributed by atoms with Crippen molar-refractivity contribution >= 4 is 34.8 Å². The summed E-state index contributed by atoms with van der Waals surface area (Å²) in [6.07, 6.45) is 8.60. The first-order valence-electron chi connectivity index (χ1n) is 13.4. The Balaban J connectivity index is 1.21. The molecule has 3 aliphatic heterocycles. The summed E-state index contributed by atoms with van der Waals surface area (Å²) >= 11 is 1.67. The van der Waals surface area contributed by atoms with E-state index in [9.17, 15) is 0 Å². The van der Waals surface area contributed by atoms with Crippen LogP contribution < -0.4 is 10.6 Å². The van der Waals surface area contributed by atoms with Crippen LogP contribution in [0, 0.1) is 0 Å². The molecule has 0 spiro atoms. The quantitative estimate of drug-likeness (QED) is 0.260. The molecule has 0 saturated heterocycles. The minimum atomic E-state index is -0.0570. The molecule has 194 valence electrons. The molecule has 2 atom stereocenters. The lowest BCUT2D eigenvalue weighted by Crippen LogP contribution is -2.39. The third-order valence-electron chi connectivity index (χ3n) is 7.31. The van der Waals surface area contributed by atoms with Crippen LogP contribution in [-0.4, -0.2) is 10.1 Å². The Hall–Kier alpha value is -4.58. The molecule has 3 heterocycles. The molecule has 40 heavy (non-hydrogen) atoms. The lowest BCUT2D eigenvalue weighted by atomic mass is 9.96. The fraction of sp³-hybridized carbons (Fsp3) is 0.0571. The molecule has 7 rings (SSSR count). The van der Waals surface area contributed by atoms with Gasteiger partial charge in [-0.2, -0.15) is 0 Å². The summed E-state index contributed by atoms with van der Waals surface area (Å²) in [6.45, 7) is 4.20. The van der Waals surface area contributed by atoms with E-state index in [0.29, 0.717) is 0 Å². The van der Waals surface area contributed by atoms with Crippen LogP contribution in [-0.2, 0) is 0 Å². The first kappa shape index (κ1) is 24.5. The smallest absolute Gasteiger partial charge is 0.143 e. The van der Waals surface area contributed by atoms with Gasteiger partial charge in [-0.15, -0.1) is 0 Å². The van der Waals surface area contributed by atoms with E-state index in [1.165, 1.54) is 16.7 Å². The highest BCUT2D eigenvalue weighted by Gasteiger charge is 2.25. The fourth-order valence-electron chi connectivity index (χ4n) is 5.26. The van der Waals surface area contributed by atoms with Crippen molar-refractivity contribution in [3.05, 3.63) is 168 Å². The molecular formula is C35H28N4S. The van der Waals surface area contributed by atoms with Crippen LogP contribution in [0.1, 0.15) is 40.0 Å². The van der Waals surface area contributed by atoms with Crippen LogP contribution in [0.4, 0.5) is 0 Å². The lowest BCUT2D eigenvalue weighted by molar-refractivity contribution is 0.442. The number of fused-ring (bicyclic) bond motifs is 2. The number of nitrogens with zero attached hydrogens (tertiary/aromatic N) is 2. The number of allylic oxidation sites excluding steroid dienone is 2. The molecular weight excluding hydrogens is 508 g/mol. The van der Waals surface area contributed by atoms with Crippen molar-refractivity contribution in [3.8, 4) is 0 Å². The van der Waals surface area contributed by atoms with Gasteiger partial charge in [0.2, 0.25) is 0 Å². The Labute approximate surface area is 239 Å². The van der Waals surface area contributed by atoms with Gasteiger partial charge in [-0.1, -0.05) is 104 Å². The number of hydrogen-bond acceptors (Lipinski definition) is 5. The van der Waals surface area contributed by atoms with Crippen molar-refractivity contribution in [2.24, 2.45) is 4.99 Å². The molecule has 0 bridgehead atoms. The molecule has 0 radical (unpaired) electrons. The molecule has 2 unspecified atom stereocenters. The predicted octanol–water partition coefficient (Wildman–Crippen LogP) is 7.96. The lowest BCUT2D eigenvalue weighted by Gasteiger charge is -2.33. The van der Waals surface area contributed by atoms with Gasteiger partial charge in [-0.25, -0.2) is 4.99 Å². The largest absolute Gasteiger partial charge is 0.366 e. The summed E-state index contributed by atoms with van der Waals surface area (Å²) in [7, 11) is 0. The Morgan fingerprint density at radius 1 is 0.750 bits per heavy atom. The average molecular weight is 537 g/mol. The minimum absolute atomic E-state index is 0.0570. The summed E-state index contributed by atoms with van der Waals surface area (Å²) in [5.74, 6) is 0.880. The first-order valence-corrected chi connectivity index (χ1v) is 14.2. The number of amidine groups is 1. The Bertz CT molecular complexity index is 1700. The van der Waals surface area contributed by atoms with Crippen LogP contribution >= 0.6 is 11.9 Å². The molecule has 5 heteroatoms. The molecule has 3 aliphatic rings. The number of hydrogen-bond donors (Lipinski definition) is 2. The van der Waals surface area contributed by atoms with E-state index >= 15 is 0 Å². The van der Waals surface area contributed by atoms with E-state index < -0.39 is 0 Å². The highest BCUT2D eigenvalue weighted by Crippen LogP contribution is 2.38. The van der Waals surface area contributed by atoms with Crippen molar-refractivity contribution in [1.82, 2.24) is 14.9 Å². The number of aliphatic imine (C=N–C) groups is 1. The van der Waals surface area contributed by atoms with Crippen molar-refractivity contribution in [2.45, 2.75) is 17.1 Å². The maximum absolute atomic E-state index is 4.80. The summed E-state index contributed by atoms with van der Waals surface area (Å²) in [5, 5.41) is 7.57. The Morgan fingerprint density at radius 3 is 2.33 bits per heavy atom. The molecule has 0 aliphatic carbocycles. The van der Waals surface area contributed by atoms with Crippen molar-refractivity contribution in [2.75, 3.05) is 0 Å². The summed E-state index contributed by atoms with van der Waals surface area (Å²) < 4.78 is 2.14. The van der Waals surface area contributed by atoms with Crippen LogP contribution in [0.25, 0.3) is 17.0 Å². The Morgan fingerprint density at radius 2 is 1.48 bits per heavy atom. The van der Waals surface area contributed by atoms with E-state index in [0.717, 1.165) is 38.8 Å². The molecule has 4 aromatic rings. The van der Waals surface area contributed by atoms with Gasteiger partial charge in [0.1, 0.15) is 12.0 Å². The molecule has 0 aromatic heterocycles. The molecule has 2 N–H and O–H groups in total. The van der Waals surface area contributed by atoms with Gasteiger partial charge in [-0.3, -0.25) is 9.62 Å². The van der Waals surface area contributed by atoms with E-state index in [2.05, 4.69) is 149 Å². The minimum Gasteiger partial charge on any atom is -0.366 e. The molecule has 0 fully saturated rings. The standard InChI is InChI=1S/C35H28N4S/c1-24-30-17-8-9-18-33(30)40-39-23-29(19-20-34(39)36-24)27-15-10-16-28(21-27)35-37-31(25-11-4-2-5-12-25)22-32(38-35)26-13-6-3-7-14-26/h2-23,31,35,37-38H,1H2. The van der Waals surface area contributed by atoms with Gasteiger partial charge in [0, 0.05) is 22.4 Å². The highest BCUT2D eigenvalue weighted by atomic mass is 32.2. The van der Waals surface area contributed by atoms with Crippen molar-refractivity contribution in [3.63, 3.8) is 0 Å². The number of rotatable bonds is 4. The third-order valence-corrected chi connectivity index (χ3v) is 8.36. The molecule has 0 saturated carbocycles. The maximum atomic E-state index is 4.80. The van der Waals surface area contributed by atoms with Gasteiger partial charge >= 0.3 is 0 Å². The van der Waals surface area contributed by atoms with E-state index in [4.69, 9.17) is 4.99 Å². The van der Waals surface area contributed by atoms with Crippen LogP contribution in [0.15, 0.2) is 150 Å². The van der Waals surface area contributed by atoms with Gasteiger partial charge in [-0.05, 0) is 70.1 Å². The van der Waals surface area contributed by atoms with Crippen LogP contribution in [0.5, 0.6) is 0 Å². The summed E-state index contributed by atoms with van der Waals surface area (Å²) in [6, 6.07) is 38.3. The first-order chi connectivity index (χ1) is 19.7. The zero-order chi connectivity index (χ0) is 26.9. The highest BCUT2D eigenvalue weighted by molar-refractivity contribution is 7.97. The van der Waals surface area contributed by atoms with Gasteiger partial charge < -0.3 is 5.32 Å². The van der Waals surface area contributed by atoms with Gasteiger partial charge in [0.05, 0.1) is 11.7 Å². The fourth-order valence-corrected chi connectivity index (χ4v) is 6.26. The molecule has 4 nitrogen and oxygen atoms in total. The van der Waals surface area contributed by atoms with Gasteiger partial charge in [0.25, 0.3) is 0 Å². The second kappa shape index (κ2) is 10.5. The second-order valence-electron chi connectivity index (χ2n) is 9.95. The molecule has 4 aromatic carbocycles. The maximum Gasteiger partial charge on any atom is 0.143 e. The van der Waals surface area contributed by atoms with Crippen molar-refractivity contribution < 1.29 is 0 Å². The second-order valence-corrected chi connectivity index (χ2v) is 11.0. The topological polar surface area (TPSA) is 39.7 Å². The summed E-state index contributed by atoms with van der Waals surface area (Å²) in [5.41, 5.74) is 8.86. The average Bonchev–Trinajstić information content (AvgIpc) is 3.17. The van der Waals surface area contributed by atoms with Gasteiger partial charge in [0.15, 0.2) is 0 Å². The zero-order valence-electron chi connectivity index (χ0n) is 21.9. The molecule has 0 amide bonds. The summed E-state index contributed by atoms with van der Waals surface area (Å²) in [4.78, 5) is 5.95. The Kier molecular flexibility index (Phi) is 6.44. The number of benzene rings is 4. The van der Waals surface area contributed by atoms with E-state index in [1.54, 1.807) is 11.9 Å². The normalized spacial score (nSPS) is 19.9.